The van der Waals surface area contributed by atoms with Gasteiger partial charge in [0, 0.05) is 7.05 Å². The number of aromatic nitrogens is 3. The van der Waals surface area contributed by atoms with Crippen molar-refractivity contribution in [1.82, 2.24) is 19.9 Å². The van der Waals surface area contributed by atoms with E-state index in [1.54, 1.807) is 19.1 Å². The van der Waals surface area contributed by atoms with Gasteiger partial charge in [-0.1, -0.05) is 18.2 Å². The molecule has 0 unspecified atom stereocenters. The Bertz CT molecular complexity index is 847. The lowest BCUT2D eigenvalue weighted by Gasteiger charge is -2.16. The summed E-state index contributed by atoms with van der Waals surface area (Å²) in [6.45, 7) is 0.810. The zero-order valence-corrected chi connectivity index (χ0v) is 14.7. The minimum absolute atomic E-state index is 0.203. The number of nitrogens with zero attached hydrogens (tertiary/aromatic N) is 4. The first kappa shape index (κ1) is 17.5. The van der Waals surface area contributed by atoms with Gasteiger partial charge < -0.3 is 14.4 Å². The van der Waals surface area contributed by atoms with Crippen LogP contribution >= 0.6 is 0 Å². The fourth-order valence-electron chi connectivity index (χ4n) is 2.32. The third-order valence-electron chi connectivity index (χ3n) is 3.80. The second-order valence-electron chi connectivity index (χ2n) is 5.61. The van der Waals surface area contributed by atoms with Crippen molar-refractivity contribution < 1.29 is 14.3 Å². The first-order valence-corrected chi connectivity index (χ1v) is 8.17. The smallest absolute Gasteiger partial charge is 0.275 e. The number of carbonyl (C=O) groups excluding carboxylic acids is 1. The minimum atomic E-state index is -0.203. The summed E-state index contributed by atoms with van der Waals surface area (Å²) >= 11 is 0. The number of rotatable bonds is 7. The molecule has 3 rings (SSSR count). The summed E-state index contributed by atoms with van der Waals surface area (Å²) in [5.74, 6) is 1.29. The molecule has 1 aromatic heterocycles. The highest BCUT2D eigenvalue weighted by Gasteiger charge is 2.16. The van der Waals surface area contributed by atoms with Crippen molar-refractivity contribution in [3.8, 4) is 17.2 Å². The van der Waals surface area contributed by atoms with Crippen molar-refractivity contribution in [2.45, 2.75) is 0 Å². The highest BCUT2D eigenvalue weighted by Crippen LogP contribution is 2.16. The average molecular weight is 352 g/mol. The molecule has 0 aliphatic rings. The van der Waals surface area contributed by atoms with Gasteiger partial charge in [-0.3, -0.25) is 4.79 Å². The van der Waals surface area contributed by atoms with Gasteiger partial charge >= 0.3 is 0 Å². The van der Waals surface area contributed by atoms with E-state index in [0.717, 1.165) is 17.2 Å². The van der Waals surface area contributed by atoms with Crippen molar-refractivity contribution in [3.05, 3.63) is 66.5 Å². The van der Waals surface area contributed by atoms with E-state index in [2.05, 4.69) is 10.2 Å². The van der Waals surface area contributed by atoms with Gasteiger partial charge in [0.05, 0.1) is 25.5 Å². The van der Waals surface area contributed by atoms with E-state index in [9.17, 15) is 4.79 Å². The molecule has 7 heteroatoms. The molecule has 26 heavy (non-hydrogen) atoms. The lowest BCUT2D eigenvalue weighted by Crippen LogP contribution is -2.31. The molecule has 0 spiro atoms. The SMILES string of the molecule is COc1ccc(OCCN(C)C(=O)c2cnn(-c3ccccc3)n2)cc1. The Morgan fingerprint density at radius 2 is 1.77 bits per heavy atom. The second-order valence-corrected chi connectivity index (χ2v) is 5.61. The van der Waals surface area contributed by atoms with Gasteiger partial charge in [0.1, 0.15) is 18.1 Å². The molecule has 3 aromatic rings. The normalized spacial score (nSPS) is 10.4. The number of likely N-dealkylation sites (N-methyl/N-ethyl adjacent to an activating group) is 1. The van der Waals surface area contributed by atoms with Crippen molar-refractivity contribution in [1.29, 1.82) is 0 Å². The Balaban J connectivity index is 1.53. The molecule has 0 N–H and O–H groups in total. The highest BCUT2D eigenvalue weighted by atomic mass is 16.5. The molecule has 1 amide bonds. The Morgan fingerprint density at radius 3 is 2.46 bits per heavy atom. The van der Waals surface area contributed by atoms with E-state index in [0.29, 0.717) is 18.8 Å². The van der Waals surface area contributed by atoms with Gasteiger partial charge in [-0.25, -0.2) is 0 Å². The first-order chi connectivity index (χ1) is 12.7. The molecule has 0 fully saturated rings. The van der Waals surface area contributed by atoms with Gasteiger partial charge in [0.25, 0.3) is 5.91 Å². The molecule has 0 aliphatic carbocycles. The number of para-hydroxylation sites is 1. The molecular formula is C19H20N4O3. The summed E-state index contributed by atoms with van der Waals surface area (Å²) in [4.78, 5) is 15.5. The van der Waals surface area contributed by atoms with Crippen LogP contribution in [0.2, 0.25) is 0 Å². The number of ether oxygens (including phenoxy) is 2. The molecule has 0 saturated heterocycles. The number of amides is 1. The number of benzene rings is 2. The summed E-state index contributed by atoms with van der Waals surface area (Å²) in [6.07, 6.45) is 1.47. The van der Waals surface area contributed by atoms with Crippen LogP contribution < -0.4 is 9.47 Å². The van der Waals surface area contributed by atoms with E-state index in [-0.39, 0.29) is 5.91 Å². The van der Waals surface area contributed by atoms with Crippen LogP contribution in [0, 0.1) is 0 Å². The Kier molecular flexibility index (Phi) is 5.48. The molecule has 7 nitrogen and oxygen atoms in total. The monoisotopic (exact) mass is 352 g/mol. The predicted molar refractivity (Wildman–Crippen MR) is 96.8 cm³/mol. The maximum absolute atomic E-state index is 12.5. The fourth-order valence-corrected chi connectivity index (χ4v) is 2.32. The molecule has 0 saturated carbocycles. The van der Waals surface area contributed by atoms with E-state index >= 15 is 0 Å². The fraction of sp³-hybridized carbons (Fsp3) is 0.211. The third-order valence-corrected chi connectivity index (χ3v) is 3.80. The zero-order chi connectivity index (χ0) is 18.4. The molecule has 0 atom stereocenters. The molecule has 2 aromatic carbocycles. The molecular weight excluding hydrogens is 332 g/mol. The summed E-state index contributed by atoms with van der Waals surface area (Å²) in [5, 5.41) is 8.40. The summed E-state index contributed by atoms with van der Waals surface area (Å²) < 4.78 is 10.7. The topological polar surface area (TPSA) is 69.5 Å². The second kappa shape index (κ2) is 8.15. The van der Waals surface area contributed by atoms with Gasteiger partial charge in [-0.15, -0.1) is 5.10 Å². The van der Waals surface area contributed by atoms with Crippen LogP contribution in [0.4, 0.5) is 0 Å². The Morgan fingerprint density at radius 1 is 1.08 bits per heavy atom. The zero-order valence-electron chi connectivity index (χ0n) is 14.7. The van der Waals surface area contributed by atoms with Crippen LogP contribution in [0.5, 0.6) is 11.5 Å². The van der Waals surface area contributed by atoms with E-state index in [1.807, 2.05) is 54.6 Å². The Hall–Kier alpha value is -3.35. The third kappa shape index (κ3) is 4.18. The van der Waals surface area contributed by atoms with Crippen molar-refractivity contribution in [3.63, 3.8) is 0 Å². The van der Waals surface area contributed by atoms with Crippen molar-refractivity contribution >= 4 is 5.91 Å². The minimum Gasteiger partial charge on any atom is -0.497 e. The molecule has 0 bridgehead atoms. The van der Waals surface area contributed by atoms with Crippen molar-refractivity contribution in [2.75, 3.05) is 27.3 Å². The number of carbonyl (C=O) groups is 1. The van der Waals surface area contributed by atoms with Crippen LogP contribution in [0.15, 0.2) is 60.8 Å². The lowest BCUT2D eigenvalue weighted by atomic mass is 10.3. The summed E-state index contributed by atoms with van der Waals surface area (Å²) in [5.41, 5.74) is 1.10. The quantitative estimate of drug-likeness (QED) is 0.653. The van der Waals surface area contributed by atoms with Crippen molar-refractivity contribution in [2.24, 2.45) is 0 Å². The standard InChI is InChI=1S/C19H20N4O3/c1-22(12-13-26-17-10-8-16(25-2)9-11-17)19(24)18-14-20-23(21-18)15-6-4-3-5-7-15/h3-11,14H,12-13H2,1-2H3. The highest BCUT2D eigenvalue weighted by molar-refractivity contribution is 5.91. The Labute approximate surface area is 151 Å². The van der Waals surface area contributed by atoms with Gasteiger partial charge in [0.2, 0.25) is 0 Å². The van der Waals surface area contributed by atoms with E-state index in [4.69, 9.17) is 9.47 Å². The summed E-state index contributed by atoms with van der Waals surface area (Å²) in [6, 6.07) is 16.7. The van der Waals surface area contributed by atoms with Crippen LogP contribution in [0.1, 0.15) is 10.5 Å². The molecule has 134 valence electrons. The average Bonchev–Trinajstić information content (AvgIpc) is 3.18. The van der Waals surface area contributed by atoms with Crippen LogP contribution in [-0.2, 0) is 0 Å². The number of hydrogen-bond acceptors (Lipinski definition) is 5. The van der Waals surface area contributed by atoms with Crippen LogP contribution in [-0.4, -0.2) is 53.1 Å². The molecule has 0 aliphatic heterocycles. The summed E-state index contributed by atoms with van der Waals surface area (Å²) in [7, 11) is 3.33. The first-order valence-electron chi connectivity index (χ1n) is 8.17. The maximum Gasteiger partial charge on any atom is 0.275 e. The van der Waals surface area contributed by atoms with E-state index < -0.39 is 0 Å². The largest absolute Gasteiger partial charge is 0.497 e. The lowest BCUT2D eigenvalue weighted by molar-refractivity contribution is 0.0767. The van der Waals surface area contributed by atoms with Gasteiger partial charge in [-0.2, -0.15) is 9.90 Å². The van der Waals surface area contributed by atoms with Crippen LogP contribution in [0.25, 0.3) is 5.69 Å². The van der Waals surface area contributed by atoms with Crippen LogP contribution in [0.3, 0.4) is 0 Å². The molecule has 1 heterocycles. The molecule has 0 radical (unpaired) electrons. The maximum atomic E-state index is 12.5. The van der Waals surface area contributed by atoms with Gasteiger partial charge in [0.15, 0.2) is 5.69 Å². The van der Waals surface area contributed by atoms with E-state index in [1.165, 1.54) is 11.0 Å². The van der Waals surface area contributed by atoms with Gasteiger partial charge in [-0.05, 0) is 36.4 Å². The predicted octanol–water partition coefficient (Wildman–Crippen LogP) is 2.43. The number of methoxy groups -OCH3 is 1. The number of hydrogen-bond donors (Lipinski definition) is 0.